The summed E-state index contributed by atoms with van der Waals surface area (Å²) in [4.78, 5) is 4.04. The Bertz CT molecular complexity index is 472. The van der Waals surface area contributed by atoms with Crippen LogP contribution in [-0.4, -0.2) is 9.36 Å². The van der Waals surface area contributed by atoms with E-state index in [9.17, 15) is 0 Å². The molecule has 0 atom stereocenters. The van der Waals surface area contributed by atoms with Crippen LogP contribution in [0.3, 0.4) is 0 Å². The maximum atomic E-state index is 6.04. The molecular weight excluding hydrogens is 307 g/mol. The zero-order valence-electron chi connectivity index (χ0n) is 6.67. The summed E-state index contributed by atoms with van der Waals surface area (Å²) in [6.45, 7) is 0. The van der Waals surface area contributed by atoms with Crippen LogP contribution in [0.25, 0.3) is 10.6 Å². The topological polar surface area (TPSA) is 25.8 Å². The average molecular weight is 310 g/mol. The lowest BCUT2D eigenvalue weighted by Gasteiger charge is -1.99. The highest BCUT2D eigenvalue weighted by Crippen LogP contribution is 2.31. The first-order valence-corrected chi connectivity index (χ1v) is 5.93. The fourth-order valence-corrected chi connectivity index (χ4v) is 2.64. The van der Waals surface area contributed by atoms with Gasteiger partial charge in [0.15, 0.2) is 0 Å². The number of nitrogens with zero attached hydrogens (tertiary/aromatic N) is 2. The molecule has 0 aliphatic heterocycles. The maximum absolute atomic E-state index is 6.04. The number of hydrogen-bond donors (Lipinski definition) is 0. The minimum Gasteiger partial charge on any atom is -0.204 e. The standard InChI is InChI=1S/C8H3BrCl2N2S/c9-4-1-2-5(6(10)3-4)7-12-8(11)13-14-7/h1-3H. The molecule has 0 fully saturated rings. The highest BCUT2D eigenvalue weighted by atomic mass is 79.9. The first kappa shape index (κ1) is 10.4. The lowest BCUT2D eigenvalue weighted by atomic mass is 10.2. The van der Waals surface area contributed by atoms with Crippen LogP contribution >= 0.6 is 50.7 Å². The van der Waals surface area contributed by atoms with Crippen molar-refractivity contribution in [3.63, 3.8) is 0 Å². The van der Waals surface area contributed by atoms with Crippen LogP contribution in [0.15, 0.2) is 22.7 Å². The van der Waals surface area contributed by atoms with E-state index in [0.29, 0.717) is 5.02 Å². The Morgan fingerprint density at radius 1 is 1.29 bits per heavy atom. The lowest BCUT2D eigenvalue weighted by Crippen LogP contribution is -1.78. The van der Waals surface area contributed by atoms with Gasteiger partial charge in [-0.25, -0.2) is 4.98 Å². The van der Waals surface area contributed by atoms with Gasteiger partial charge < -0.3 is 0 Å². The monoisotopic (exact) mass is 308 g/mol. The van der Waals surface area contributed by atoms with Gasteiger partial charge in [-0.3, -0.25) is 0 Å². The molecule has 1 heterocycles. The summed E-state index contributed by atoms with van der Waals surface area (Å²) < 4.78 is 4.81. The van der Waals surface area contributed by atoms with Crippen LogP contribution in [-0.2, 0) is 0 Å². The Hall–Kier alpha value is -0.160. The van der Waals surface area contributed by atoms with E-state index >= 15 is 0 Å². The Balaban J connectivity index is 2.52. The molecule has 0 spiro atoms. The van der Waals surface area contributed by atoms with Crippen molar-refractivity contribution in [3.8, 4) is 10.6 Å². The molecule has 2 nitrogen and oxygen atoms in total. The molecule has 0 aliphatic rings. The van der Waals surface area contributed by atoms with Crippen molar-refractivity contribution in [1.29, 1.82) is 0 Å². The van der Waals surface area contributed by atoms with Gasteiger partial charge in [-0.05, 0) is 41.3 Å². The quantitative estimate of drug-likeness (QED) is 0.786. The number of rotatable bonds is 1. The van der Waals surface area contributed by atoms with Gasteiger partial charge in [-0.15, -0.1) is 0 Å². The van der Waals surface area contributed by atoms with Crippen molar-refractivity contribution in [2.24, 2.45) is 0 Å². The summed E-state index contributed by atoms with van der Waals surface area (Å²) in [7, 11) is 0. The van der Waals surface area contributed by atoms with E-state index in [1.165, 1.54) is 11.5 Å². The first-order chi connectivity index (χ1) is 6.66. The van der Waals surface area contributed by atoms with Crippen molar-refractivity contribution in [1.82, 2.24) is 9.36 Å². The zero-order valence-corrected chi connectivity index (χ0v) is 10.6. The molecule has 0 unspecified atom stereocenters. The van der Waals surface area contributed by atoms with Crippen LogP contribution < -0.4 is 0 Å². The molecule has 0 radical (unpaired) electrons. The number of halogens is 3. The molecule has 0 saturated carbocycles. The summed E-state index contributed by atoms with van der Waals surface area (Å²) in [5.41, 5.74) is 0.847. The van der Waals surface area contributed by atoms with Gasteiger partial charge >= 0.3 is 0 Å². The molecule has 2 rings (SSSR count). The van der Waals surface area contributed by atoms with E-state index in [1.54, 1.807) is 0 Å². The predicted molar refractivity (Wildman–Crippen MR) is 63.1 cm³/mol. The van der Waals surface area contributed by atoms with Crippen LogP contribution in [0.2, 0.25) is 10.3 Å². The second-order valence-corrected chi connectivity index (χ2v) is 4.91. The first-order valence-electron chi connectivity index (χ1n) is 3.61. The van der Waals surface area contributed by atoms with E-state index in [0.717, 1.165) is 15.0 Å². The van der Waals surface area contributed by atoms with Crippen molar-refractivity contribution in [2.75, 3.05) is 0 Å². The summed E-state index contributed by atoms with van der Waals surface area (Å²) in [5, 5.41) is 1.61. The zero-order chi connectivity index (χ0) is 10.1. The third-order valence-electron chi connectivity index (χ3n) is 1.56. The number of aromatic nitrogens is 2. The van der Waals surface area contributed by atoms with E-state index in [2.05, 4.69) is 25.3 Å². The van der Waals surface area contributed by atoms with Gasteiger partial charge in [0.2, 0.25) is 5.28 Å². The maximum Gasteiger partial charge on any atom is 0.234 e. The van der Waals surface area contributed by atoms with Crippen LogP contribution in [0, 0.1) is 0 Å². The summed E-state index contributed by atoms with van der Waals surface area (Å²) in [5.74, 6) is 0. The van der Waals surface area contributed by atoms with Crippen molar-refractivity contribution in [3.05, 3.63) is 33.0 Å². The Kier molecular flexibility index (Phi) is 3.07. The summed E-state index contributed by atoms with van der Waals surface area (Å²) >= 11 is 16.2. The molecule has 72 valence electrons. The van der Waals surface area contributed by atoms with Crippen molar-refractivity contribution < 1.29 is 0 Å². The lowest BCUT2D eigenvalue weighted by molar-refractivity contribution is 1.33. The minimum atomic E-state index is 0.254. The molecule has 0 amide bonds. The van der Waals surface area contributed by atoms with Crippen LogP contribution in [0.4, 0.5) is 0 Å². The van der Waals surface area contributed by atoms with E-state index in [4.69, 9.17) is 23.2 Å². The number of benzene rings is 1. The predicted octanol–water partition coefficient (Wildman–Crippen LogP) is 4.27. The smallest absolute Gasteiger partial charge is 0.204 e. The second kappa shape index (κ2) is 4.14. The SMILES string of the molecule is Clc1nsc(-c2ccc(Br)cc2Cl)n1. The molecule has 0 aliphatic carbocycles. The third kappa shape index (κ3) is 2.08. The average Bonchev–Trinajstić information content (AvgIpc) is 2.51. The fraction of sp³-hybridized carbons (Fsp3) is 0. The molecular formula is C8H3BrCl2N2S. The van der Waals surface area contributed by atoms with Gasteiger partial charge in [0.25, 0.3) is 0 Å². The normalized spacial score (nSPS) is 10.5. The summed E-state index contributed by atoms with van der Waals surface area (Å²) in [6, 6.07) is 5.59. The molecule has 0 saturated heterocycles. The Labute approximate surface area is 103 Å². The Morgan fingerprint density at radius 2 is 2.07 bits per heavy atom. The van der Waals surface area contributed by atoms with Crippen LogP contribution in [0.5, 0.6) is 0 Å². The van der Waals surface area contributed by atoms with E-state index < -0.39 is 0 Å². The molecule has 2 aromatic rings. The van der Waals surface area contributed by atoms with E-state index in [1.807, 2.05) is 18.2 Å². The Morgan fingerprint density at radius 3 is 2.64 bits per heavy atom. The molecule has 0 N–H and O–H groups in total. The molecule has 1 aromatic carbocycles. The van der Waals surface area contributed by atoms with Crippen molar-refractivity contribution in [2.45, 2.75) is 0 Å². The highest BCUT2D eigenvalue weighted by molar-refractivity contribution is 9.10. The minimum absolute atomic E-state index is 0.254. The van der Waals surface area contributed by atoms with Crippen LogP contribution in [0.1, 0.15) is 0 Å². The van der Waals surface area contributed by atoms with Gasteiger partial charge in [0.1, 0.15) is 5.01 Å². The largest absolute Gasteiger partial charge is 0.234 e. The number of hydrogen-bond acceptors (Lipinski definition) is 3. The van der Waals surface area contributed by atoms with Gasteiger partial charge in [-0.1, -0.05) is 27.5 Å². The second-order valence-electron chi connectivity index (χ2n) is 2.49. The summed E-state index contributed by atoms with van der Waals surface area (Å²) in [6.07, 6.45) is 0. The molecule has 6 heteroatoms. The van der Waals surface area contributed by atoms with Gasteiger partial charge in [-0.2, -0.15) is 4.37 Å². The molecule has 14 heavy (non-hydrogen) atoms. The molecule has 1 aromatic heterocycles. The highest BCUT2D eigenvalue weighted by Gasteiger charge is 2.08. The fourth-order valence-electron chi connectivity index (χ4n) is 0.978. The third-order valence-corrected chi connectivity index (χ3v) is 3.39. The molecule has 0 bridgehead atoms. The van der Waals surface area contributed by atoms with Gasteiger partial charge in [0.05, 0.1) is 5.02 Å². The van der Waals surface area contributed by atoms with Gasteiger partial charge in [0, 0.05) is 10.0 Å². The van der Waals surface area contributed by atoms with E-state index in [-0.39, 0.29) is 5.28 Å². The van der Waals surface area contributed by atoms with Crippen molar-refractivity contribution >= 4 is 50.7 Å².